The molecule has 2 rings (SSSR count). The van der Waals surface area contributed by atoms with Crippen LogP contribution in [0, 0.1) is 6.92 Å². The summed E-state index contributed by atoms with van der Waals surface area (Å²) in [5.41, 5.74) is 1.70. The van der Waals surface area contributed by atoms with Crippen LogP contribution < -0.4 is 0 Å². The third-order valence-electron chi connectivity index (χ3n) is 2.99. The molecule has 1 aliphatic rings. The topological polar surface area (TPSA) is 43.4 Å². The highest BCUT2D eigenvalue weighted by Crippen LogP contribution is 2.21. The summed E-state index contributed by atoms with van der Waals surface area (Å²) in [7, 11) is -3.11. The first-order valence-corrected chi connectivity index (χ1v) is 7.63. The Kier molecular flexibility index (Phi) is 3.76. The Morgan fingerprint density at radius 3 is 2.82 bits per heavy atom. The fourth-order valence-electron chi connectivity index (χ4n) is 1.94. The first-order valence-electron chi connectivity index (χ1n) is 5.53. The highest BCUT2D eigenvalue weighted by atomic mass is 35.5. The Morgan fingerprint density at radius 1 is 1.47 bits per heavy atom. The van der Waals surface area contributed by atoms with Gasteiger partial charge >= 0.3 is 0 Å². The van der Waals surface area contributed by atoms with Crippen LogP contribution in [0.2, 0.25) is 5.02 Å². The molecule has 0 aromatic heterocycles. The number of aryl methyl sites for hydroxylation is 1. The van der Waals surface area contributed by atoms with E-state index in [0.717, 1.165) is 11.1 Å². The summed E-state index contributed by atoms with van der Waals surface area (Å²) in [5.74, 6) is 0.0685. The lowest BCUT2D eigenvalue weighted by molar-refractivity contribution is 0.198. The van der Waals surface area contributed by atoms with Gasteiger partial charge in [-0.2, -0.15) is 0 Å². The summed E-state index contributed by atoms with van der Waals surface area (Å²) in [6.07, 6.45) is 0.606. The van der Waals surface area contributed by atoms with Gasteiger partial charge in [0.2, 0.25) is 0 Å². The zero-order valence-electron chi connectivity index (χ0n) is 9.65. The van der Waals surface area contributed by atoms with E-state index in [2.05, 4.69) is 0 Å². The van der Waals surface area contributed by atoms with Gasteiger partial charge in [0.05, 0.1) is 17.6 Å². The lowest BCUT2D eigenvalue weighted by Crippen LogP contribution is -2.22. The Labute approximate surface area is 107 Å². The zero-order valence-corrected chi connectivity index (χ0v) is 11.2. The van der Waals surface area contributed by atoms with E-state index in [1.54, 1.807) is 12.1 Å². The van der Waals surface area contributed by atoms with E-state index >= 15 is 0 Å². The van der Waals surface area contributed by atoms with Crippen LogP contribution in [0.1, 0.15) is 17.5 Å². The predicted octanol–water partition coefficient (Wildman–Crippen LogP) is 2.35. The van der Waals surface area contributed by atoms with Crippen molar-refractivity contribution >= 4 is 21.4 Å². The lowest BCUT2D eigenvalue weighted by Gasteiger charge is -2.10. The Bertz CT molecular complexity index is 504. The molecule has 0 aliphatic carbocycles. The molecular weight excluding hydrogens is 260 g/mol. The van der Waals surface area contributed by atoms with Crippen molar-refractivity contribution in [3.63, 3.8) is 0 Å². The number of sulfone groups is 1. The first kappa shape index (κ1) is 12.9. The number of ether oxygens (including phenoxy) is 1. The van der Waals surface area contributed by atoms with Gasteiger partial charge in [-0.25, -0.2) is 8.42 Å². The highest BCUT2D eigenvalue weighted by molar-refractivity contribution is 7.91. The summed E-state index contributed by atoms with van der Waals surface area (Å²) in [6, 6.07) is 5.34. The maximum absolute atomic E-state index is 12.1. The Morgan fingerprint density at radius 2 is 2.24 bits per heavy atom. The van der Waals surface area contributed by atoms with Gasteiger partial charge in [-0.3, -0.25) is 0 Å². The fourth-order valence-corrected chi connectivity index (χ4v) is 3.70. The van der Waals surface area contributed by atoms with Gasteiger partial charge in [0, 0.05) is 11.6 Å². The fraction of sp³-hybridized carbons (Fsp3) is 0.500. The minimum atomic E-state index is -3.11. The second-order valence-corrected chi connectivity index (χ2v) is 7.06. The van der Waals surface area contributed by atoms with E-state index in [1.807, 2.05) is 13.0 Å². The summed E-state index contributed by atoms with van der Waals surface area (Å²) < 4.78 is 29.3. The van der Waals surface area contributed by atoms with Gasteiger partial charge in [-0.15, -0.1) is 0 Å². The van der Waals surface area contributed by atoms with Gasteiger partial charge in [0.25, 0.3) is 0 Å². The van der Waals surface area contributed by atoms with Crippen LogP contribution in [-0.2, 0) is 20.3 Å². The Balaban J connectivity index is 2.17. The van der Waals surface area contributed by atoms with Crippen LogP contribution in [0.4, 0.5) is 0 Å². The third kappa shape index (κ3) is 3.00. The molecule has 0 radical (unpaired) electrons. The number of rotatable bonds is 3. The standard InChI is InChI=1S/C12H15ClO3S/c1-9-6-10(2-3-12(9)13)8-17(14,15)11-4-5-16-7-11/h2-3,6,11H,4-5,7-8H2,1H3. The second-order valence-electron chi connectivity index (χ2n) is 4.38. The van der Waals surface area contributed by atoms with E-state index < -0.39 is 9.84 Å². The number of benzene rings is 1. The van der Waals surface area contributed by atoms with Crippen LogP contribution >= 0.6 is 11.6 Å². The maximum atomic E-state index is 12.1. The molecule has 94 valence electrons. The van der Waals surface area contributed by atoms with Gasteiger partial charge in [0.1, 0.15) is 0 Å². The SMILES string of the molecule is Cc1cc(CS(=O)(=O)C2CCOC2)ccc1Cl. The number of hydrogen-bond acceptors (Lipinski definition) is 3. The van der Waals surface area contributed by atoms with Crippen molar-refractivity contribution in [2.45, 2.75) is 24.3 Å². The minimum absolute atomic E-state index is 0.0685. The summed E-state index contributed by atoms with van der Waals surface area (Å²) in [6.45, 7) is 2.75. The predicted molar refractivity (Wildman–Crippen MR) is 68.0 cm³/mol. The molecule has 1 atom stereocenters. The zero-order chi connectivity index (χ0) is 12.5. The van der Waals surface area contributed by atoms with Crippen LogP contribution in [0.15, 0.2) is 18.2 Å². The normalized spacial score (nSPS) is 20.7. The van der Waals surface area contributed by atoms with E-state index in [-0.39, 0.29) is 11.0 Å². The molecule has 1 heterocycles. The smallest absolute Gasteiger partial charge is 0.159 e. The van der Waals surface area contributed by atoms with Crippen LogP contribution in [-0.4, -0.2) is 26.9 Å². The summed E-state index contributed by atoms with van der Waals surface area (Å²) >= 11 is 5.91. The monoisotopic (exact) mass is 274 g/mol. The molecule has 3 nitrogen and oxygen atoms in total. The quantitative estimate of drug-likeness (QED) is 0.850. The molecule has 17 heavy (non-hydrogen) atoms. The third-order valence-corrected chi connectivity index (χ3v) is 5.53. The van der Waals surface area contributed by atoms with Crippen molar-refractivity contribution in [3.05, 3.63) is 34.3 Å². The van der Waals surface area contributed by atoms with Gasteiger partial charge in [0.15, 0.2) is 9.84 Å². The average Bonchev–Trinajstić information content (AvgIpc) is 2.77. The van der Waals surface area contributed by atoms with E-state index in [1.165, 1.54) is 0 Å². The Hall–Kier alpha value is -0.580. The molecule has 0 amide bonds. The van der Waals surface area contributed by atoms with Crippen molar-refractivity contribution in [3.8, 4) is 0 Å². The first-order chi connectivity index (χ1) is 7.99. The maximum Gasteiger partial charge on any atom is 0.159 e. The molecule has 0 bridgehead atoms. The van der Waals surface area contributed by atoms with Crippen molar-refractivity contribution < 1.29 is 13.2 Å². The molecule has 1 fully saturated rings. The van der Waals surface area contributed by atoms with Crippen molar-refractivity contribution in [1.82, 2.24) is 0 Å². The van der Waals surface area contributed by atoms with Gasteiger partial charge in [-0.05, 0) is 30.5 Å². The molecule has 1 aromatic carbocycles. The molecule has 1 aliphatic heterocycles. The molecule has 0 N–H and O–H groups in total. The van der Waals surface area contributed by atoms with Crippen molar-refractivity contribution in [2.24, 2.45) is 0 Å². The number of hydrogen-bond donors (Lipinski definition) is 0. The van der Waals surface area contributed by atoms with Crippen molar-refractivity contribution in [2.75, 3.05) is 13.2 Å². The molecule has 1 saturated heterocycles. The summed E-state index contributed by atoms with van der Waals surface area (Å²) in [4.78, 5) is 0. The average molecular weight is 275 g/mol. The van der Waals surface area contributed by atoms with E-state index in [0.29, 0.717) is 24.7 Å². The molecular formula is C12H15ClO3S. The largest absolute Gasteiger partial charge is 0.380 e. The van der Waals surface area contributed by atoms with E-state index in [9.17, 15) is 8.42 Å². The lowest BCUT2D eigenvalue weighted by atomic mass is 10.2. The van der Waals surface area contributed by atoms with Gasteiger partial charge < -0.3 is 4.74 Å². The minimum Gasteiger partial charge on any atom is -0.380 e. The van der Waals surface area contributed by atoms with Gasteiger partial charge in [-0.1, -0.05) is 23.7 Å². The van der Waals surface area contributed by atoms with Crippen molar-refractivity contribution in [1.29, 1.82) is 0 Å². The van der Waals surface area contributed by atoms with Crippen LogP contribution in [0.5, 0.6) is 0 Å². The second kappa shape index (κ2) is 4.96. The van der Waals surface area contributed by atoms with Crippen LogP contribution in [0.3, 0.4) is 0 Å². The highest BCUT2D eigenvalue weighted by Gasteiger charge is 2.29. The van der Waals surface area contributed by atoms with Crippen LogP contribution in [0.25, 0.3) is 0 Å². The molecule has 0 saturated carbocycles. The molecule has 0 spiro atoms. The molecule has 1 aromatic rings. The molecule has 5 heteroatoms. The van der Waals surface area contributed by atoms with E-state index in [4.69, 9.17) is 16.3 Å². The summed E-state index contributed by atoms with van der Waals surface area (Å²) in [5, 5.41) is 0.314. The molecule has 1 unspecified atom stereocenters. The number of halogens is 1.